The van der Waals surface area contributed by atoms with E-state index < -0.39 is 0 Å². The molecule has 3 N–H and O–H groups in total. The van der Waals surface area contributed by atoms with Gasteiger partial charge >= 0.3 is 0 Å². The van der Waals surface area contributed by atoms with Gasteiger partial charge in [0.25, 0.3) is 5.91 Å². The molecule has 2 amide bonds. The summed E-state index contributed by atoms with van der Waals surface area (Å²) in [7, 11) is 5.46. The van der Waals surface area contributed by atoms with E-state index in [4.69, 9.17) is 4.99 Å². The van der Waals surface area contributed by atoms with Crippen molar-refractivity contribution in [3.63, 3.8) is 0 Å². The Morgan fingerprint density at radius 1 is 0.946 bits per heavy atom. The Labute approximate surface area is 216 Å². The van der Waals surface area contributed by atoms with Gasteiger partial charge in [-0.05, 0) is 57.4 Å². The first kappa shape index (κ1) is 25.7. The quantitative estimate of drug-likeness (QED) is 0.316. The Morgan fingerprint density at radius 2 is 1.65 bits per heavy atom. The van der Waals surface area contributed by atoms with Crippen LogP contribution in [0.15, 0.2) is 77.8 Å². The Bertz CT molecular complexity index is 1440. The molecule has 4 aromatic rings. The minimum Gasteiger partial charge on any atom is -0.494 e. The molecular weight excluding hydrogens is 466 g/mol. The van der Waals surface area contributed by atoms with Crippen LogP contribution in [0.3, 0.4) is 0 Å². The molecule has 190 valence electrons. The Kier molecular flexibility index (Phi) is 7.69. The number of fused-ring (bicyclic) bond motifs is 1. The van der Waals surface area contributed by atoms with Crippen molar-refractivity contribution >= 4 is 39.8 Å². The van der Waals surface area contributed by atoms with Crippen LogP contribution in [-0.2, 0) is 4.79 Å². The maximum atomic E-state index is 12.4. The number of nitrogens with one attached hydrogen (secondary N) is 2. The molecule has 1 aromatic heterocycles. The van der Waals surface area contributed by atoms with Crippen LogP contribution in [0, 0.1) is 0 Å². The predicted octanol–water partition coefficient (Wildman–Crippen LogP) is 4.32. The predicted molar refractivity (Wildman–Crippen MR) is 148 cm³/mol. The summed E-state index contributed by atoms with van der Waals surface area (Å²) in [5, 5.41) is 14.5. The fourth-order valence-corrected chi connectivity index (χ4v) is 4.09. The normalized spacial score (nSPS) is 11.6. The molecule has 0 radical (unpaired) electrons. The van der Waals surface area contributed by atoms with Crippen LogP contribution in [0.2, 0.25) is 0 Å². The lowest BCUT2D eigenvalue weighted by molar-refractivity contribution is -0.118. The fraction of sp³-hybridized carbons (Fsp3) is 0.207. The zero-order chi connectivity index (χ0) is 26.5. The molecule has 3 aromatic carbocycles. The maximum absolute atomic E-state index is 12.4. The monoisotopic (exact) mass is 497 g/mol. The number of aromatic nitrogens is 1. The molecule has 0 saturated carbocycles. The van der Waals surface area contributed by atoms with E-state index in [1.54, 1.807) is 24.1 Å². The first-order valence-corrected chi connectivity index (χ1v) is 12.1. The summed E-state index contributed by atoms with van der Waals surface area (Å²) in [4.78, 5) is 36.1. The van der Waals surface area contributed by atoms with E-state index in [1.165, 1.54) is 0 Å². The molecule has 0 aliphatic rings. The molecule has 0 atom stereocenters. The summed E-state index contributed by atoms with van der Waals surface area (Å²) in [5.41, 5.74) is 4.53. The van der Waals surface area contributed by atoms with E-state index in [-0.39, 0.29) is 17.7 Å². The minimum atomic E-state index is -0.175. The lowest BCUT2D eigenvalue weighted by atomic mass is 10.00. The summed E-state index contributed by atoms with van der Waals surface area (Å²) < 4.78 is 0. The second-order valence-electron chi connectivity index (χ2n) is 9.00. The highest BCUT2D eigenvalue weighted by atomic mass is 16.3. The molecule has 0 aliphatic carbocycles. The number of nitrogens with zero attached hydrogens (tertiary/aromatic N) is 3. The van der Waals surface area contributed by atoms with Crippen LogP contribution in [-0.4, -0.2) is 66.7 Å². The molecule has 0 bridgehead atoms. The van der Waals surface area contributed by atoms with E-state index in [2.05, 4.69) is 10.3 Å². The molecular formula is C29H31N5O3. The number of carbonyl (C=O) groups excluding carboxylic acids is 2. The average Bonchev–Trinajstić information content (AvgIpc) is 3.22. The van der Waals surface area contributed by atoms with Crippen molar-refractivity contribution in [2.45, 2.75) is 6.92 Å². The van der Waals surface area contributed by atoms with Gasteiger partial charge in [0.05, 0.1) is 23.5 Å². The third-order valence-electron chi connectivity index (χ3n) is 5.97. The van der Waals surface area contributed by atoms with Gasteiger partial charge in [-0.1, -0.05) is 36.4 Å². The highest BCUT2D eigenvalue weighted by molar-refractivity contribution is 6.22. The zero-order valence-corrected chi connectivity index (χ0v) is 21.4. The van der Waals surface area contributed by atoms with Crippen molar-refractivity contribution in [1.82, 2.24) is 15.2 Å². The first-order valence-electron chi connectivity index (χ1n) is 12.1. The molecule has 0 saturated heterocycles. The number of benzene rings is 3. The van der Waals surface area contributed by atoms with Gasteiger partial charge in [0.1, 0.15) is 0 Å². The average molecular weight is 498 g/mol. The SMILES string of the molecule is CCNC(=O)c1ccc2c(C(=Nc3ccc(N(C)C(=O)CN(C)C)cc3)c3ccccc3)c(O)[nH]c2c1. The summed E-state index contributed by atoms with van der Waals surface area (Å²) in [6, 6.07) is 22.3. The lowest BCUT2D eigenvalue weighted by Gasteiger charge is -2.19. The number of rotatable bonds is 8. The number of H-pyrrole nitrogens is 1. The van der Waals surface area contributed by atoms with Crippen molar-refractivity contribution in [3.8, 4) is 5.88 Å². The number of aromatic amines is 1. The standard InChI is InChI=1S/C29H31N5O3/c1-5-30-28(36)20-11-16-23-24(17-20)32-29(37)26(23)27(19-9-7-6-8-10-19)31-21-12-14-22(15-13-21)34(4)25(35)18-33(2)3/h6-17,32,37H,5,18H2,1-4H3,(H,30,36). The van der Waals surface area contributed by atoms with Crippen LogP contribution in [0.25, 0.3) is 10.9 Å². The van der Waals surface area contributed by atoms with Crippen molar-refractivity contribution in [2.24, 2.45) is 4.99 Å². The van der Waals surface area contributed by atoms with Crippen molar-refractivity contribution in [1.29, 1.82) is 0 Å². The summed E-state index contributed by atoms with van der Waals surface area (Å²) in [6.07, 6.45) is 0. The summed E-state index contributed by atoms with van der Waals surface area (Å²) in [6.45, 7) is 2.71. The third-order valence-corrected chi connectivity index (χ3v) is 5.97. The van der Waals surface area contributed by atoms with Crippen LogP contribution in [0.5, 0.6) is 5.88 Å². The van der Waals surface area contributed by atoms with E-state index in [0.29, 0.717) is 41.1 Å². The molecule has 0 aliphatic heterocycles. The van der Waals surface area contributed by atoms with Gasteiger partial charge in [0.2, 0.25) is 5.91 Å². The Balaban J connectivity index is 1.76. The van der Waals surface area contributed by atoms with Crippen LogP contribution >= 0.6 is 0 Å². The van der Waals surface area contributed by atoms with Gasteiger partial charge in [-0.2, -0.15) is 0 Å². The molecule has 0 fully saturated rings. The zero-order valence-electron chi connectivity index (χ0n) is 21.4. The minimum absolute atomic E-state index is 0.0121. The second kappa shape index (κ2) is 11.1. The first-order chi connectivity index (χ1) is 17.8. The van der Waals surface area contributed by atoms with Gasteiger partial charge in [-0.25, -0.2) is 4.99 Å². The van der Waals surface area contributed by atoms with Gasteiger partial charge < -0.3 is 25.2 Å². The third kappa shape index (κ3) is 5.70. The van der Waals surface area contributed by atoms with E-state index in [0.717, 1.165) is 16.6 Å². The number of likely N-dealkylation sites (N-methyl/N-ethyl adjacent to an activating group) is 2. The highest BCUT2D eigenvalue weighted by Crippen LogP contribution is 2.32. The smallest absolute Gasteiger partial charge is 0.251 e. The van der Waals surface area contributed by atoms with Gasteiger partial charge in [0.15, 0.2) is 5.88 Å². The van der Waals surface area contributed by atoms with Crippen LogP contribution in [0.4, 0.5) is 11.4 Å². The van der Waals surface area contributed by atoms with E-state index in [1.807, 2.05) is 86.6 Å². The highest BCUT2D eigenvalue weighted by Gasteiger charge is 2.20. The number of amides is 2. The van der Waals surface area contributed by atoms with Crippen LogP contribution in [0.1, 0.15) is 28.4 Å². The van der Waals surface area contributed by atoms with Crippen LogP contribution < -0.4 is 10.2 Å². The topological polar surface area (TPSA) is 101 Å². The van der Waals surface area contributed by atoms with Crippen molar-refractivity contribution in [3.05, 3.63) is 89.5 Å². The van der Waals surface area contributed by atoms with Crippen molar-refractivity contribution < 1.29 is 14.7 Å². The second-order valence-corrected chi connectivity index (χ2v) is 9.00. The van der Waals surface area contributed by atoms with E-state index in [9.17, 15) is 14.7 Å². The lowest BCUT2D eigenvalue weighted by Crippen LogP contribution is -2.34. The largest absolute Gasteiger partial charge is 0.494 e. The molecule has 8 nitrogen and oxygen atoms in total. The fourth-order valence-electron chi connectivity index (χ4n) is 4.09. The number of hydrogen-bond acceptors (Lipinski definition) is 5. The molecule has 0 unspecified atom stereocenters. The number of anilines is 1. The Hall–Kier alpha value is -4.43. The van der Waals surface area contributed by atoms with Gasteiger partial charge in [-0.3, -0.25) is 9.59 Å². The molecule has 8 heteroatoms. The molecule has 37 heavy (non-hydrogen) atoms. The number of aliphatic imine (C=N–C) groups is 1. The Morgan fingerprint density at radius 3 is 2.30 bits per heavy atom. The van der Waals surface area contributed by atoms with Crippen molar-refractivity contribution in [2.75, 3.05) is 39.1 Å². The van der Waals surface area contributed by atoms with Gasteiger partial charge in [-0.15, -0.1) is 0 Å². The van der Waals surface area contributed by atoms with Gasteiger partial charge in [0, 0.05) is 41.3 Å². The summed E-state index contributed by atoms with van der Waals surface area (Å²) >= 11 is 0. The van der Waals surface area contributed by atoms with E-state index >= 15 is 0 Å². The number of hydrogen-bond donors (Lipinski definition) is 3. The number of carbonyl (C=O) groups is 2. The molecule has 1 heterocycles. The molecule has 4 rings (SSSR count). The summed E-state index contributed by atoms with van der Waals surface area (Å²) in [5.74, 6) is -0.218. The maximum Gasteiger partial charge on any atom is 0.251 e. The number of aromatic hydroxyl groups is 1. The molecule has 0 spiro atoms.